The third kappa shape index (κ3) is 2.07. The predicted molar refractivity (Wildman–Crippen MR) is 79.1 cm³/mol. The second kappa shape index (κ2) is 4.53. The molecule has 0 aliphatic carbocycles. The number of phenols is 1. The molecule has 0 radical (unpaired) electrons. The van der Waals surface area contributed by atoms with Crippen LogP contribution in [0.1, 0.15) is 11.1 Å². The van der Waals surface area contributed by atoms with E-state index in [2.05, 4.69) is 0 Å². The van der Waals surface area contributed by atoms with Crippen LogP contribution in [0.4, 0.5) is 0 Å². The Morgan fingerprint density at radius 2 is 1.75 bits per heavy atom. The smallest absolute Gasteiger partial charge is 0.344 e. The summed E-state index contributed by atoms with van der Waals surface area (Å²) < 4.78 is 5.31. The van der Waals surface area contributed by atoms with Gasteiger partial charge in [-0.3, -0.25) is 0 Å². The Bertz CT molecular complexity index is 860. The molecule has 0 amide bonds. The molecule has 100 valence electrons. The molecule has 3 nitrogen and oxygen atoms in total. The Kier molecular flexibility index (Phi) is 2.83. The first-order valence-corrected chi connectivity index (χ1v) is 6.39. The summed E-state index contributed by atoms with van der Waals surface area (Å²) in [6, 6.07) is 12.6. The number of hydrogen-bond donors (Lipinski definition) is 1. The first kappa shape index (κ1) is 12.5. The van der Waals surface area contributed by atoms with Gasteiger partial charge >= 0.3 is 5.63 Å². The van der Waals surface area contributed by atoms with Crippen LogP contribution in [0.25, 0.3) is 22.1 Å². The number of rotatable bonds is 1. The molecular formula is C17H14O3. The molecule has 3 heteroatoms. The normalized spacial score (nSPS) is 10.9. The van der Waals surface area contributed by atoms with Crippen LogP contribution in [0.15, 0.2) is 51.7 Å². The maximum Gasteiger partial charge on any atom is 0.344 e. The fourth-order valence-corrected chi connectivity index (χ4v) is 2.31. The Hall–Kier alpha value is -2.55. The van der Waals surface area contributed by atoms with Crippen LogP contribution in [0.3, 0.4) is 0 Å². The molecule has 0 spiro atoms. The molecule has 0 atom stereocenters. The van der Waals surface area contributed by atoms with Crippen LogP contribution in [-0.4, -0.2) is 5.11 Å². The van der Waals surface area contributed by atoms with Crippen molar-refractivity contribution in [3.63, 3.8) is 0 Å². The van der Waals surface area contributed by atoms with E-state index in [0.29, 0.717) is 11.1 Å². The average Bonchev–Trinajstić information content (AvgIpc) is 2.41. The highest BCUT2D eigenvalue weighted by Crippen LogP contribution is 2.26. The molecule has 0 unspecified atom stereocenters. The first-order chi connectivity index (χ1) is 9.54. The molecule has 0 saturated heterocycles. The quantitative estimate of drug-likeness (QED) is 0.682. The summed E-state index contributed by atoms with van der Waals surface area (Å²) in [5.41, 5.74) is 3.55. The van der Waals surface area contributed by atoms with Crippen LogP contribution in [0.5, 0.6) is 5.75 Å². The van der Waals surface area contributed by atoms with Crippen molar-refractivity contribution in [2.75, 3.05) is 0 Å². The average molecular weight is 266 g/mol. The summed E-state index contributed by atoms with van der Waals surface area (Å²) in [5.74, 6) is 0.0835. The van der Waals surface area contributed by atoms with Crippen molar-refractivity contribution in [3.8, 4) is 16.9 Å². The summed E-state index contributed by atoms with van der Waals surface area (Å²) in [6.07, 6.45) is 0. The van der Waals surface area contributed by atoms with E-state index in [-0.39, 0.29) is 5.75 Å². The Morgan fingerprint density at radius 1 is 0.950 bits per heavy atom. The molecular weight excluding hydrogens is 252 g/mol. The van der Waals surface area contributed by atoms with E-state index < -0.39 is 5.63 Å². The number of hydrogen-bond acceptors (Lipinski definition) is 3. The number of fused-ring (bicyclic) bond motifs is 1. The SMILES string of the molecule is Cc1ccc(C)c(-c2cc3ccc(O)cc3oc2=O)c1. The maximum absolute atomic E-state index is 12.2. The molecule has 0 fully saturated rings. The number of aromatic hydroxyl groups is 1. The summed E-state index contributed by atoms with van der Waals surface area (Å²) >= 11 is 0. The van der Waals surface area contributed by atoms with Gasteiger partial charge in [-0.25, -0.2) is 4.79 Å². The van der Waals surface area contributed by atoms with Gasteiger partial charge in [-0.1, -0.05) is 23.8 Å². The van der Waals surface area contributed by atoms with Gasteiger partial charge in [-0.15, -0.1) is 0 Å². The van der Waals surface area contributed by atoms with E-state index in [1.54, 1.807) is 12.1 Å². The van der Waals surface area contributed by atoms with Gasteiger partial charge in [-0.05, 0) is 43.2 Å². The molecule has 20 heavy (non-hydrogen) atoms. The zero-order valence-corrected chi connectivity index (χ0v) is 11.3. The van der Waals surface area contributed by atoms with Crippen molar-refractivity contribution in [2.24, 2.45) is 0 Å². The van der Waals surface area contributed by atoms with Crippen LogP contribution in [0, 0.1) is 13.8 Å². The van der Waals surface area contributed by atoms with Crippen LogP contribution in [0.2, 0.25) is 0 Å². The first-order valence-electron chi connectivity index (χ1n) is 6.39. The van der Waals surface area contributed by atoms with Gasteiger partial charge in [0.2, 0.25) is 0 Å². The van der Waals surface area contributed by atoms with Gasteiger partial charge in [0.25, 0.3) is 0 Å². The maximum atomic E-state index is 12.2. The minimum atomic E-state index is -0.392. The van der Waals surface area contributed by atoms with Gasteiger partial charge in [-0.2, -0.15) is 0 Å². The van der Waals surface area contributed by atoms with E-state index in [0.717, 1.165) is 22.1 Å². The lowest BCUT2D eigenvalue weighted by Gasteiger charge is -2.07. The van der Waals surface area contributed by atoms with E-state index in [9.17, 15) is 9.90 Å². The molecule has 0 bridgehead atoms. The predicted octanol–water partition coefficient (Wildman–Crippen LogP) is 3.78. The highest BCUT2D eigenvalue weighted by atomic mass is 16.4. The summed E-state index contributed by atoms with van der Waals surface area (Å²) in [7, 11) is 0. The fraction of sp³-hybridized carbons (Fsp3) is 0.118. The monoisotopic (exact) mass is 266 g/mol. The van der Waals surface area contributed by atoms with E-state index >= 15 is 0 Å². The molecule has 3 rings (SSSR count). The van der Waals surface area contributed by atoms with Crippen molar-refractivity contribution in [1.29, 1.82) is 0 Å². The van der Waals surface area contributed by atoms with Gasteiger partial charge in [0, 0.05) is 11.5 Å². The largest absolute Gasteiger partial charge is 0.508 e. The zero-order valence-electron chi connectivity index (χ0n) is 11.3. The molecule has 1 aromatic heterocycles. The Balaban J connectivity index is 2.31. The summed E-state index contributed by atoms with van der Waals surface area (Å²) in [4.78, 5) is 12.2. The third-order valence-corrected chi connectivity index (χ3v) is 3.40. The number of phenolic OH excluding ortho intramolecular Hbond substituents is 1. The molecule has 0 saturated carbocycles. The van der Waals surface area contributed by atoms with Crippen molar-refractivity contribution in [1.82, 2.24) is 0 Å². The van der Waals surface area contributed by atoms with E-state index in [4.69, 9.17) is 4.42 Å². The molecule has 1 heterocycles. The molecule has 2 aromatic carbocycles. The van der Waals surface area contributed by atoms with Crippen molar-refractivity contribution in [3.05, 3.63) is 64.0 Å². The standard InChI is InChI=1S/C17H14O3/c1-10-3-4-11(2)14(7-10)15-8-12-5-6-13(18)9-16(12)20-17(15)19/h3-9,18H,1-2H3. The molecule has 0 aliphatic rings. The third-order valence-electron chi connectivity index (χ3n) is 3.40. The number of benzene rings is 2. The number of aryl methyl sites for hydroxylation is 2. The summed E-state index contributed by atoms with van der Waals surface area (Å²) in [5, 5.41) is 10.2. The summed E-state index contributed by atoms with van der Waals surface area (Å²) in [6.45, 7) is 3.96. The van der Waals surface area contributed by atoms with E-state index in [1.165, 1.54) is 6.07 Å². The second-order valence-electron chi connectivity index (χ2n) is 4.99. The highest BCUT2D eigenvalue weighted by Gasteiger charge is 2.10. The van der Waals surface area contributed by atoms with Crippen LogP contribution < -0.4 is 5.63 Å². The highest BCUT2D eigenvalue weighted by molar-refractivity contribution is 5.83. The zero-order chi connectivity index (χ0) is 14.3. The molecule has 0 aliphatic heterocycles. The minimum absolute atomic E-state index is 0.0835. The Morgan fingerprint density at radius 3 is 2.55 bits per heavy atom. The van der Waals surface area contributed by atoms with Crippen LogP contribution >= 0.6 is 0 Å². The van der Waals surface area contributed by atoms with Gasteiger partial charge in [0.1, 0.15) is 11.3 Å². The lowest BCUT2D eigenvalue weighted by atomic mass is 9.99. The van der Waals surface area contributed by atoms with Gasteiger partial charge in [0.05, 0.1) is 5.56 Å². The van der Waals surface area contributed by atoms with Crippen molar-refractivity contribution < 1.29 is 9.52 Å². The van der Waals surface area contributed by atoms with E-state index in [1.807, 2.05) is 38.1 Å². The van der Waals surface area contributed by atoms with Gasteiger partial charge < -0.3 is 9.52 Å². The van der Waals surface area contributed by atoms with Crippen LogP contribution in [-0.2, 0) is 0 Å². The van der Waals surface area contributed by atoms with Gasteiger partial charge in [0.15, 0.2) is 0 Å². The Labute approximate surface area is 116 Å². The fourth-order valence-electron chi connectivity index (χ4n) is 2.31. The lowest BCUT2D eigenvalue weighted by molar-refractivity contribution is 0.473. The van der Waals surface area contributed by atoms with Crippen molar-refractivity contribution >= 4 is 11.0 Å². The topological polar surface area (TPSA) is 50.4 Å². The molecule has 1 N–H and O–H groups in total. The minimum Gasteiger partial charge on any atom is -0.508 e. The lowest BCUT2D eigenvalue weighted by Crippen LogP contribution is -2.03. The molecule has 3 aromatic rings. The second-order valence-corrected chi connectivity index (χ2v) is 4.99. The van der Waals surface area contributed by atoms with Crippen molar-refractivity contribution in [2.45, 2.75) is 13.8 Å².